The van der Waals surface area contributed by atoms with Gasteiger partial charge < -0.3 is 15.2 Å². The lowest BCUT2D eigenvalue weighted by Crippen LogP contribution is -2.48. The Balaban J connectivity index is 0.00000272. The number of piperidine rings is 1. The smallest absolute Gasteiger partial charge is 0.191 e. The molecule has 6 nitrogen and oxygen atoms in total. The first kappa shape index (κ1) is 23.5. The zero-order valence-corrected chi connectivity index (χ0v) is 20.5. The van der Waals surface area contributed by atoms with Gasteiger partial charge in [-0.15, -0.1) is 24.0 Å². The van der Waals surface area contributed by atoms with E-state index in [1.165, 1.54) is 11.1 Å². The van der Waals surface area contributed by atoms with E-state index in [-0.39, 0.29) is 24.0 Å². The van der Waals surface area contributed by atoms with Crippen molar-refractivity contribution < 1.29 is 0 Å². The second kappa shape index (κ2) is 12.0. The zero-order chi connectivity index (χ0) is 20.6. The summed E-state index contributed by atoms with van der Waals surface area (Å²) in [5.41, 5.74) is 3.65. The van der Waals surface area contributed by atoms with Crippen LogP contribution < -0.4 is 10.6 Å². The average molecular weight is 532 g/mol. The van der Waals surface area contributed by atoms with Gasteiger partial charge in [0, 0.05) is 45.8 Å². The van der Waals surface area contributed by atoms with Gasteiger partial charge in [0.1, 0.15) is 0 Å². The van der Waals surface area contributed by atoms with E-state index in [4.69, 9.17) is 0 Å². The number of hydrogen-bond donors (Lipinski definition) is 2. The molecule has 0 spiro atoms. The fourth-order valence-corrected chi connectivity index (χ4v) is 4.11. The van der Waals surface area contributed by atoms with Crippen molar-refractivity contribution in [2.24, 2.45) is 4.99 Å². The Morgan fingerprint density at radius 3 is 2.58 bits per heavy atom. The molecule has 4 rings (SSSR count). The second-order valence-corrected chi connectivity index (χ2v) is 7.96. The molecule has 3 aromatic rings. The van der Waals surface area contributed by atoms with E-state index in [9.17, 15) is 0 Å². The molecule has 2 heterocycles. The Hall–Kier alpha value is -2.13. The fraction of sp³-hybridized carbons (Fsp3) is 0.417. The number of rotatable bonds is 7. The monoisotopic (exact) mass is 532 g/mol. The molecule has 0 radical (unpaired) electrons. The molecule has 0 saturated carbocycles. The van der Waals surface area contributed by atoms with Gasteiger partial charge in [-0.3, -0.25) is 9.89 Å². The Morgan fingerprint density at radius 1 is 1.06 bits per heavy atom. The first-order valence-electron chi connectivity index (χ1n) is 10.9. The molecular weight excluding hydrogens is 499 g/mol. The van der Waals surface area contributed by atoms with Gasteiger partial charge in [-0.1, -0.05) is 42.5 Å². The summed E-state index contributed by atoms with van der Waals surface area (Å²) in [6.07, 6.45) is 5.25. The Morgan fingerprint density at radius 2 is 1.81 bits per heavy atom. The van der Waals surface area contributed by atoms with Crippen LogP contribution in [0.2, 0.25) is 0 Å². The molecule has 2 aromatic carbocycles. The van der Waals surface area contributed by atoms with Crippen LogP contribution in [-0.2, 0) is 13.1 Å². The maximum Gasteiger partial charge on any atom is 0.191 e. The van der Waals surface area contributed by atoms with E-state index in [2.05, 4.69) is 78.6 Å². The van der Waals surface area contributed by atoms with Crippen LogP contribution in [0.5, 0.6) is 0 Å². The third-order valence-electron chi connectivity index (χ3n) is 5.80. The molecule has 7 heteroatoms. The molecule has 1 aliphatic rings. The van der Waals surface area contributed by atoms with Crippen LogP contribution in [0.4, 0.5) is 0 Å². The predicted molar refractivity (Wildman–Crippen MR) is 139 cm³/mol. The maximum absolute atomic E-state index is 4.46. The van der Waals surface area contributed by atoms with Gasteiger partial charge in [0.15, 0.2) is 5.96 Å². The second-order valence-electron chi connectivity index (χ2n) is 7.96. The molecule has 0 atom stereocenters. The van der Waals surface area contributed by atoms with Crippen molar-refractivity contribution in [3.05, 3.63) is 66.5 Å². The van der Waals surface area contributed by atoms with Crippen molar-refractivity contribution in [2.45, 2.75) is 38.4 Å². The van der Waals surface area contributed by atoms with Gasteiger partial charge in [0.25, 0.3) is 0 Å². The van der Waals surface area contributed by atoms with E-state index >= 15 is 0 Å². The molecule has 0 aliphatic carbocycles. The quantitative estimate of drug-likeness (QED) is 0.210. The van der Waals surface area contributed by atoms with E-state index in [1.54, 1.807) is 0 Å². The van der Waals surface area contributed by atoms with Gasteiger partial charge in [0.05, 0.1) is 17.4 Å². The van der Waals surface area contributed by atoms with Gasteiger partial charge in [-0.25, -0.2) is 4.98 Å². The molecule has 1 fully saturated rings. The number of guanidine groups is 1. The molecule has 2 N–H and O–H groups in total. The number of aromatic nitrogens is 2. The highest BCUT2D eigenvalue weighted by Crippen LogP contribution is 2.14. The first-order valence-corrected chi connectivity index (χ1v) is 10.9. The number of likely N-dealkylation sites (tertiary alicyclic amines) is 1. The third kappa shape index (κ3) is 6.67. The molecule has 1 aromatic heterocycles. The molecule has 1 saturated heterocycles. The SMILES string of the molecule is CN=C(NCCCn1cnc2ccccc21)NC1CCN(Cc2ccccc2)CC1.I. The summed E-state index contributed by atoms with van der Waals surface area (Å²) in [5, 5.41) is 7.08. The lowest BCUT2D eigenvalue weighted by Gasteiger charge is -2.33. The number of imidazole rings is 1. The van der Waals surface area contributed by atoms with Crippen molar-refractivity contribution in [3.8, 4) is 0 Å². The molecule has 0 bridgehead atoms. The van der Waals surface area contributed by atoms with Gasteiger partial charge >= 0.3 is 0 Å². The number of aryl methyl sites for hydroxylation is 1. The van der Waals surface area contributed by atoms with Gasteiger partial charge in [-0.2, -0.15) is 0 Å². The molecular formula is C24H33IN6. The lowest BCUT2D eigenvalue weighted by molar-refractivity contribution is 0.198. The Kier molecular flexibility index (Phi) is 9.14. The normalized spacial score (nSPS) is 15.6. The third-order valence-corrected chi connectivity index (χ3v) is 5.80. The van der Waals surface area contributed by atoms with Gasteiger partial charge in [0.2, 0.25) is 0 Å². The fourth-order valence-electron chi connectivity index (χ4n) is 4.11. The van der Waals surface area contributed by atoms with E-state index < -0.39 is 0 Å². The van der Waals surface area contributed by atoms with Crippen LogP contribution >= 0.6 is 24.0 Å². The Labute approximate surface area is 202 Å². The predicted octanol–water partition coefficient (Wildman–Crippen LogP) is 3.87. The largest absolute Gasteiger partial charge is 0.356 e. The van der Waals surface area contributed by atoms with Gasteiger partial charge in [-0.05, 0) is 37.0 Å². The number of nitrogens with zero attached hydrogens (tertiary/aromatic N) is 4. The van der Waals surface area contributed by atoms with E-state index in [0.717, 1.165) is 63.5 Å². The number of aliphatic imine (C=N–C) groups is 1. The standard InChI is InChI=1S/C24H32N6.HI/c1-25-24(26-14-7-15-30-19-27-22-10-5-6-11-23(22)30)28-21-12-16-29(17-13-21)18-20-8-3-2-4-9-20;/h2-6,8-11,19,21H,7,12-18H2,1H3,(H2,25,26,28);1H. The minimum atomic E-state index is 0. The number of nitrogens with one attached hydrogen (secondary N) is 2. The lowest BCUT2D eigenvalue weighted by atomic mass is 10.0. The zero-order valence-electron chi connectivity index (χ0n) is 18.2. The minimum Gasteiger partial charge on any atom is -0.356 e. The highest BCUT2D eigenvalue weighted by molar-refractivity contribution is 14.0. The number of para-hydroxylation sites is 2. The van der Waals surface area contributed by atoms with Crippen molar-refractivity contribution in [1.29, 1.82) is 0 Å². The van der Waals surface area contributed by atoms with Crippen molar-refractivity contribution >= 4 is 41.0 Å². The summed E-state index contributed by atoms with van der Waals surface area (Å²) in [6.45, 7) is 5.12. The summed E-state index contributed by atoms with van der Waals surface area (Å²) in [5.74, 6) is 0.909. The van der Waals surface area contributed by atoms with Crippen LogP contribution in [0.1, 0.15) is 24.8 Å². The summed E-state index contributed by atoms with van der Waals surface area (Å²) in [7, 11) is 1.85. The van der Waals surface area contributed by atoms with Crippen LogP contribution in [0.3, 0.4) is 0 Å². The highest BCUT2D eigenvalue weighted by atomic mass is 127. The summed E-state index contributed by atoms with van der Waals surface area (Å²) >= 11 is 0. The summed E-state index contributed by atoms with van der Waals surface area (Å²) in [4.78, 5) is 11.4. The number of fused-ring (bicyclic) bond motifs is 1. The number of benzene rings is 2. The van der Waals surface area contributed by atoms with Crippen LogP contribution in [-0.4, -0.2) is 53.1 Å². The molecule has 166 valence electrons. The van der Waals surface area contributed by atoms with E-state index in [1.807, 2.05) is 19.4 Å². The van der Waals surface area contributed by atoms with Crippen molar-refractivity contribution in [3.63, 3.8) is 0 Å². The first-order chi connectivity index (χ1) is 14.8. The van der Waals surface area contributed by atoms with Crippen molar-refractivity contribution in [2.75, 3.05) is 26.7 Å². The topological polar surface area (TPSA) is 57.5 Å². The maximum atomic E-state index is 4.46. The molecule has 0 amide bonds. The van der Waals surface area contributed by atoms with E-state index in [0.29, 0.717) is 6.04 Å². The van der Waals surface area contributed by atoms with Crippen LogP contribution in [0.15, 0.2) is 65.9 Å². The Bertz CT molecular complexity index is 947. The van der Waals surface area contributed by atoms with Crippen LogP contribution in [0.25, 0.3) is 11.0 Å². The highest BCUT2D eigenvalue weighted by Gasteiger charge is 2.19. The molecule has 31 heavy (non-hydrogen) atoms. The molecule has 1 aliphatic heterocycles. The van der Waals surface area contributed by atoms with Crippen molar-refractivity contribution in [1.82, 2.24) is 25.1 Å². The average Bonchev–Trinajstić information content (AvgIpc) is 3.21. The number of halogens is 1. The number of hydrogen-bond acceptors (Lipinski definition) is 3. The minimum absolute atomic E-state index is 0. The molecule has 0 unspecified atom stereocenters. The summed E-state index contributed by atoms with van der Waals surface area (Å²) in [6, 6.07) is 19.5. The van der Waals surface area contributed by atoms with Crippen LogP contribution in [0, 0.1) is 0 Å². The summed E-state index contributed by atoms with van der Waals surface area (Å²) < 4.78 is 2.22.